The van der Waals surface area contributed by atoms with E-state index in [0.29, 0.717) is 18.4 Å². The molecule has 1 unspecified atom stereocenters. The zero-order valence-corrected chi connectivity index (χ0v) is 12.0. The molecule has 4 heteroatoms. The number of rotatable bonds is 4. The molecule has 0 saturated heterocycles. The number of hydrogen-bond donors (Lipinski definition) is 2. The van der Waals surface area contributed by atoms with Gasteiger partial charge in [0.1, 0.15) is 12.4 Å². The van der Waals surface area contributed by atoms with Gasteiger partial charge in [0.2, 0.25) is 0 Å². The molecular formula is C16H20FNO2. The average molecular weight is 277 g/mol. The highest BCUT2D eigenvalue weighted by Crippen LogP contribution is 2.11. The molecule has 1 atom stereocenters. The van der Waals surface area contributed by atoms with Gasteiger partial charge in [-0.1, -0.05) is 32.6 Å². The number of carbonyl (C=O) groups is 1. The number of aliphatic hydroxyl groups is 1. The van der Waals surface area contributed by atoms with Gasteiger partial charge in [-0.15, -0.1) is 0 Å². The van der Waals surface area contributed by atoms with Gasteiger partial charge in [0.25, 0.3) is 5.91 Å². The highest BCUT2D eigenvalue weighted by atomic mass is 19.1. The van der Waals surface area contributed by atoms with Crippen LogP contribution in [0, 0.1) is 29.5 Å². The fourth-order valence-corrected chi connectivity index (χ4v) is 1.48. The van der Waals surface area contributed by atoms with E-state index < -0.39 is 5.82 Å². The third kappa shape index (κ3) is 4.67. The van der Waals surface area contributed by atoms with Crippen molar-refractivity contribution in [1.82, 2.24) is 5.32 Å². The van der Waals surface area contributed by atoms with Crippen molar-refractivity contribution in [1.29, 1.82) is 0 Å². The molecule has 0 spiro atoms. The second-order valence-electron chi connectivity index (χ2n) is 5.09. The molecule has 1 rings (SSSR count). The summed E-state index contributed by atoms with van der Waals surface area (Å²) in [6.45, 7) is 6.47. The Kier molecular flexibility index (Phi) is 6.20. The van der Waals surface area contributed by atoms with Crippen LogP contribution in [0.4, 0.5) is 4.39 Å². The van der Waals surface area contributed by atoms with Gasteiger partial charge in [-0.3, -0.25) is 4.79 Å². The van der Waals surface area contributed by atoms with Gasteiger partial charge in [0, 0.05) is 12.1 Å². The first-order valence-electron chi connectivity index (χ1n) is 6.63. The lowest BCUT2D eigenvalue weighted by Crippen LogP contribution is -2.30. The Balaban J connectivity index is 2.73. The first kappa shape index (κ1) is 16.2. The highest BCUT2D eigenvalue weighted by Gasteiger charge is 2.12. The van der Waals surface area contributed by atoms with Crippen LogP contribution < -0.4 is 5.32 Å². The summed E-state index contributed by atoms with van der Waals surface area (Å²) in [7, 11) is 0. The minimum absolute atomic E-state index is 0.172. The van der Waals surface area contributed by atoms with Crippen LogP contribution in [0.2, 0.25) is 0 Å². The van der Waals surface area contributed by atoms with Crippen molar-refractivity contribution >= 4 is 5.91 Å². The molecule has 0 fully saturated rings. The first-order valence-corrected chi connectivity index (χ1v) is 6.63. The van der Waals surface area contributed by atoms with Crippen LogP contribution in [-0.4, -0.2) is 24.2 Å². The quantitative estimate of drug-likeness (QED) is 0.829. The predicted octanol–water partition coefficient (Wildman–Crippen LogP) is 2.19. The first-order chi connectivity index (χ1) is 9.45. The maximum Gasteiger partial charge on any atom is 0.251 e. The SMILES string of the molecule is CC(C)C(C)CNC(=O)c1ccc(C#CCO)c(F)c1. The molecule has 1 aromatic carbocycles. The molecule has 1 amide bonds. The predicted molar refractivity (Wildman–Crippen MR) is 76.7 cm³/mol. The van der Waals surface area contributed by atoms with Gasteiger partial charge in [-0.05, 0) is 30.0 Å². The zero-order chi connectivity index (χ0) is 15.1. The molecule has 1 aromatic rings. The summed E-state index contributed by atoms with van der Waals surface area (Å²) in [6.07, 6.45) is 0. The smallest absolute Gasteiger partial charge is 0.251 e. The van der Waals surface area contributed by atoms with Gasteiger partial charge in [-0.2, -0.15) is 0 Å². The van der Waals surface area contributed by atoms with E-state index in [1.165, 1.54) is 12.1 Å². The Hall–Kier alpha value is -1.86. The van der Waals surface area contributed by atoms with Crippen molar-refractivity contribution in [2.75, 3.05) is 13.2 Å². The van der Waals surface area contributed by atoms with E-state index in [2.05, 4.69) is 37.9 Å². The molecule has 0 radical (unpaired) electrons. The number of carbonyl (C=O) groups excluding carboxylic acids is 1. The Labute approximate surface area is 119 Å². The number of nitrogens with one attached hydrogen (secondary N) is 1. The minimum Gasteiger partial charge on any atom is -0.384 e. The maximum absolute atomic E-state index is 13.7. The third-order valence-corrected chi connectivity index (χ3v) is 3.26. The van der Waals surface area contributed by atoms with Crippen LogP contribution in [0.1, 0.15) is 36.7 Å². The summed E-state index contributed by atoms with van der Waals surface area (Å²) in [5.74, 6) is 4.84. The van der Waals surface area contributed by atoms with Gasteiger partial charge >= 0.3 is 0 Å². The molecular weight excluding hydrogens is 257 g/mol. The highest BCUT2D eigenvalue weighted by molar-refractivity contribution is 5.94. The average Bonchev–Trinajstić information content (AvgIpc) is 2.42. The molecule has 0 aliphatic rings. The van der Waals surface area contributed by atoms with E-state index in [0.717, 1.165) is 6.07 Å². The molecule has 3 nitrogen and oxygen atoms in total. The number of hydrogen-bond acceptors (Lipinski definition) is 2. The molecule has 2 N–H and O–H groups in total. The molecule has 108 valence electrons. The van der Waals surface area contributed by atoms with Gasteiger partial charge < -0.3 is 10.4 Å². The summed E-state index contributed by atoms with van der Waals surface area (Å²) in [6, 6.07) is 4.13. The van der Waals surface area contributed by atoms with E-state index in [9.17, 15) is 9.18 Å². The topological polar surface area (TPSA) is 49.3 Å². The van der Waals surface area contributed by atoms with E-state index >= 15 is 0 Å². The second kappa shape index (κ2) is 7.66. The van der Waals surface area contributed by atoms with Gasteiger partial charge in [0.05, 0.1) is 5.56 Å². The van der Waals surface area contributed by atoms with Crippen LogP contribution in [0.3, 0.4) is 0 Å². The van der Waals surface area contributed by atoms with Crippen molar-refractivity contribution < 1.29 is 14.3 Å². The standard InChI is InChI=1S/C16H20FNO2/c1-11(2)12(3)10-18-16(20)14-7-6-13(5-4-8-19)15(17)9-14/h6-7,9,11-12,19H,8,10H2,1-3H3,(H,18,20). The minimum atomic E-state index is -0.560. The van der Waals surface area contributed by atoms with Gasteiger partial charge in [0.15, 0.2) is 0 Å². The molecule has 0 aromatic heterocycles. The summed E-state index contributed by atoms with van der Waals surface area (Å²) < 4.78 is 13.7. The lowest BCUT2D eigenvalue weighted by molar-refractivity contribution is 0.0944. The van der Waals surface area contributed by atoms with Crippen LogP contribution >= 0.6 is 0 Å². The molecule has 0 heterocycles. The van der Waals surface area contributed by atoms with Gasteiger partial charge in [-0.25, -0.2) is 4.39 Å². The Morgan fingerprint density at radius 3 is 2.65 bits per heavy atom. The van der Waals surface area contributed by atoms with Crippen molar-refractivity contribution in [2.24, 2.45) is 11.8 Å². The van der Waals surface area contributed by atoms with Crippen LogP contribution in [0.15, 0.2) is 18.2 Å². The molecule has 0 aliphatic carbocycles. The fourth-order valence-electron chi connectivity index (χ4n) is 1.48. The fraction of sp³-hybridized carbons (Fsp3) is 0.438. The molecule has 0 aliphatic heterocycles. The number of aliphatic hydroxyl groups excluding tert-OH is 1. The molecule has 20 heavy (non-hydrogen) atoms. The van der Waals surface area contributed by atoms with E-state index in [1.807, 2.05) is 0 Å². The van der Waals surface area contributed by atoms with Crippen molar-refractivity contribution in [3.8, 4) is 11.8 Å². The van der Waals surface area contributed by atoms with E-state index in [4.69, 9.17) is 5.11 Å². The number of halogens is 1. The van der Waals surface area contributed by atoms with Crippen molar-refractivity contribution in [3.63, 3.8) is 0 Å². The van der Waals surface area contributed by atoms with E-state index in [-0.39, 0.29) is 23.6 Å². The normalized spacial score (nSPS) is 11.7. The summed E-state index contributed by atoms with van der Waals surface area (Å²) in [5.41, 5.74) is 0.444. The third-order valence-electron chi connectivity index (χ3n) is 3.26. The van der Waals surface area contributed by atoms with Crippen LogP contribution in [0.25, 0.3) is 0 Å². The van der Waals surface area contributed by atoms with E-state index in [1.54, 1.807) is 0 Å². The van der Waals surface area contributed by atoms with Crippen molar-refractivity contribution in [2.45, 2.75) is 20.8 Å². The Bertz CT molecular complexity index is 529. The zero-order valence-electron chi connectivity index (χ0n) is 12.0. The number of benzene rings is 1. The lowest BCUT2D eigenvalue weighted by atomic mass is 9.98. The summed E-state index contributed by atoms with van der Waals surface area (Å²) in [5, 5.41) is 11.4. The Morgan fingerprint density at radius 1 is 1.40 bits per heavy atom. The Morgan fingerprint density at radius 2 is 2.10 bits per heavy atom. The lowest BCUT2D eigenvalue weighted by Gasteiger charge is -2.16. The number of amides is 1. The maximum atomic E-state index is 13.7. The second-order valence-corrected chi connectivity index (χ2v) is 5.09. The van der Waals surface area contributed by atoms with Crippen LogP contribution in [0.5, 0.6) is 0 Å². The summed E-state index contributed by atoms with van der Waals surface area (Å²) >= 11 is 0. The molecule has 0 saturated carbocycles. The largest absolute Gasteiger partial charge is 0.384 e. The van der Waals surface area contributed by atoms with Crippen molar-refractivity contribution in [3.05, 3.63) is 35.1 Å². The summed E-state index contributed by atoms with van der Waals surface area (Å²) in [4.78, 5) is 11.9. The van der Waals surface area contributed by atoms with Crippen LogP contribution in [-0.2, 0) is 0 Å². The monoisotopic (exact) mass is 277 g/mol. The molecule has 0 bridgehead atoms.